The van der Waals surface area contributed by atoms with Crippen LogP contribution in [0.4, 0.5) is 5.69 Å². The second-order valence-electron chi connectivity index (χ2n) is 6.79. The second-order valence-corrected chi connectivity index (χ2v) is 6.79. The summed E-state index contributed by atoms with van der Waals surface area (Å²) in [6.45, 7) is 6.16. The molecule has 0 unspecified atom stereocenters. The van der Waals surface area contributed by atoms with Crippen molar-refractivity contribution < 1.29 is 9.59 Å². The summed E-state index contributed by atoms with van der Waals surface area (Å²) in [5.74, 6) is -0.231. The first-order valence-corrected chi connectivity index (χ1v) is 7.81. The third-order valence-electron chi connectivity index (χ3n) is 5.29. The molecule has 1 saturated heterocycles. The quantitative estimate of drug-likeness (QED) is 0.589. The molecule has 2 aliphatic carbocycles. The lowest BCUT2D eigenvalue weighted by molar-refractivity contribution is -0.122. The van der Waals surface area contributed by atoms with E-state index in [1.54, 1.807) is 0 Å². The van der Waals surface area contributed by atoms with E-state index in [0.29, 0.717) is 5.69 Å². The highest BCUT2D eigenvalue weighted by molar-refractivity contribution is 6.23. The molecular weight excluding hydrogens is 274 g/mol. The van der Waals surface area contributed by atoms with Crippen LogP contribution in [0.2, 0.25) is 0 Å². The number of hydrogen-bond donors (Lipinski definition) is 0. The first-order chi connectivity index (χ1) is 10.5. The van der Waals surface area contributed by atoms with Crippen LogP contribution in [0, 0.1) is 30.6 Å². The van der Waals surface area contributed by atoms with Crippen LogP contribution in [-0.4, -0.2) is 11.8 Å². The van der Waals surface area contributed by atoms with Crippen LogP contribution >= 0.6 is 0 Å². The standard InChI is InChI=1S/C19H19NO2/c1-10(2)15-13-8-9-14(15)17-16(13)18(21)20(19(17)22)12-6-4-11(3)5-7-12/h4-9,13-14,16-17H,1-3H3/t13-,14-,16-,17-/m1/s1. The summed E-state index contributed by atoms with van der Waals surface area (Å²) in [6, 6.07) is 7.61. The molecule has 1 aromatic rings. The van der Waals surface area contributed by atoms with Gasteiger partial charge in [-0.2, -0.15) is 0 Å². The van der Waals surface area contributed by atoms with Crippen LogP contribution in [0.5, 0.6) is 0 Å². The van der Waals surface area contributed by atoms with Crippen LogP contribution in [0.15, 0.2) is 47.6 Å². The van der Waals surface area contributed by atoms with Crippen molar-refractivity contribution in [2.45, 2.75) is 20.8 Å². The number of benzene rings is 1. The summed E-state index contributed by atoms with van der Waals surface area (Å²) < 4.78 is 0. The van der Waals surface area contributed by atoms with E-state index in [1.807, 2.05) is 31.2 Å². The summed E-state index contributed by atoms with van der Waals surface area (Å²) in [5.41, 5.74) is 4.36. The van der Waals surface area contributed by atoms with Crippen LogP contribution in [0.1, 0.15) is 19.4 Å². The molecule has 0 spiro atoms. The van der Waals surface area contributed by atoms with Crippen LogP contribution in [0.3, 0.4) is 0 Å². The van der Waals surface area contributed by atoms with Crippen LogP contribution < -0.4 is 4.90 Å². The Labute approximate surface area is 130 Å². The molecule has 1 heterocycles. The van der Waals surface area contributed by atoms with Gasteiger partial charge in [0, 0.05) is 11.8 Å². The molecule has 0 aromatic heterocycles. The van der Waals surface area contributed by atoms with Gasteiger partial charge in [0.05, 0.1) is 17.5 Å². The number of aryl methyl sites for hydroxylation is 1. The fourth-order valence-electron chi connectivity index (χ4n) is 4.38. The van der Waals surface area contributed by atoms with Gasteiger partial charge in [-0.15, -0.1) is 0 Å². The molecule has 2 fully saturated rings. The summed E-state index contributed by atoms with van der Waals surface area (Å²) in [7, 11) is 0. The van der Waals surface area contributed by atoms with E-state index in [9.17, 15) is 9.59 Å². The molecule has 112 valence electrons. The molecular formula is C19H19NO2. The fraction of sp³-hybridized carbons (Fsp3) is 0.368. The molecule has 2 amide bonds. The van der Waals surface area contributed by atoms with Gasteiger partial charge in [-0.05, 0) is 32.9 Å². The highest BCUT2D eigenvalue weighted by Gasteiger charge is 2.61. The Morgan fingerprint density at radius 1 is 0.909 bits per heavy atom. The van der Waals surface area contributed by atoms with E-state index >= 15 is 0 Å². The number of anilines is 1. The smallest absolute Gasteiger partial charge is 0.238 e. The molecule has 3 nitrogen and oxygen atoms in total. The van der Waals surface area contributed by atoms with E-state index in [-0.39, 0.29) is 35.5 Å². The average molecular weight is 293 g/mol. The van der Waals surface area contributed by atoms with Crippen molar-refractivity contribution in [2.75, 3.05) is 4.90 Å². The number of allylic oxidation sites excluding steroid dienone is 4. The number of carbonyl (C=O) groups excluding carboxylic acids is 2. The maximum absolute atomic E-state index is 12.9. The zero-order valence-corrected chi connectivity index (χ0v) is 13.0. The molecule has 1 aromatic carbocycles. The van der Waals surface area contributed by atoms with E-state index < -0.39 is 0 Å². The average Bonchev–Trinajstić information content (AvgIpc) is 3.11. The van der Waals surface area contributed by atoms with Gasteiger partial charge in [0.15, 0.2) is 0 Å². The molecule has 1 saturated carbocycles. The van der Waals surface area contributed by atoms with Crippen LogP contribution in [0.25, 0.3) is 0 Å². The van der Waals surface area contributed by atoms with Crippen molar-refractivity contribution in [3.63, 3.8) is 0 Å². The minimum Gasteiger partial charge on any atom is -0.274 e. The Bertz CT molecular complexity index is 703. The van der Waals surface area contributed by atoms with E-state index in [2.05, 4.69) is 26.0 Å². The molecule has 3 heteroatoms. The largest absolute Gasteiger partial charge is 0.274 e. The van der Waals surface area contributed by atoms with Gasteiger partial charge in [-0.25, -0.2) is 4.90 Å². The topological polar surface area (TPSA) is 37.4 Å². The molecule has 0 radical (unpaired) electrons. The van der Waals surface area contributed by atoms with Gasteiger partial charge in [-0.3, -0.25) is 9.59 Å². The van der Waals surface area contributed by atoms with Gasteiger partial charge >= 0.3 is 0 Å². The lowest BCUT2D eigenvalue weighted by Crippen LogP contribution is -2.33. The fourth-order valence-corrected chi connectivity index (χ4v) is 4.38. The zero-order chi connectivity index (χ0) is 15.6. The van der Waals surface area contributed by atoms with Crippen molar-refractivity contribution in [3.05, 3.63) is 53.1 Å². The molecule has 1 aliphatic heterocycles. The summed E-state index contributed by atoms with van der Waals surface area (Å²) in [6.07, 6.45) is 4.25. The minimum atomic E-state index is -0.200. The Kier molecular flexibility index (Phi) is 2.71. The number of nitrogens with zero attached hydrogens (tertiary/aromatic N) is 1. The Hall–Kier alpha value is -2.16. The third-order valence-corrected chi connectivity index (χ3v) is 5.29. The number of amides is 2. The normalized spacial score (nSPS) is 32.1. The number of fused-ring (bicyclic) bond motifs is 5. The summed E-state index contributed by atoms with van der Waals surface area (Å²) in [4.78, 5) is 27.2. The summed E-state index contributed by atoms with van der Waals surface area (Å²) in [5, 5.41) is 0. The lowest BCUT2D eigenvalue weighted by atomic mass is 9.85. The maximum atomic E-state index is 12.9. The highest BCUT2D eigenvalue weighted by Crippen LogP contribution is 2.57. The Balaban J connectivity index is 1.76. The molecule has 3 aliphatic rings. The van der Waals surface area contributed by atoms with Gasteiger partial charge < -0.3 is 0 Å². The van der Waals surface area contributed by atoms with Gasteiger partial charge in [0.25, 0.3) is 0 Å². The minimum absolute atomic E-state index is 0.0329. The molecule has 22 heavy (non-hydrogen) atoms. The predicted octanol–water partition coefficient (Wildman–Crippen LogP) is 3.25. The zero-order valence-electron chi connectivity index (χ0n) is 13.0. The monoisotopic (exact) mass is 293 g/mol. The Morgan fingerprint density at radius 3 is 1.86 bits per heavy atom. The van der Waals surface area contributed by atoms with Crippen molar-refractivity contribution in [2.24, 2.45) is 23.7 Å². The number of hydrogen-bond acceptors (Lipinski definition) is 2. The molecule has 0 N–H and O–H groups in total. The van der Waals surface area contributed by atoms with Gasteiger partial charge in [0.2, 0.25) is 11.8 Å². The van der Waals surface area contributed by atoms with E-state index in [4.69, 9.17) is 0 Å². The SMILES string of the molecule is CC(C)=C1[C@H]2C=C[C@H]1[C@H]1C(=O)N(c3ccc(C)cc3)C(=O)[C@@H]12. The predicted molar refractivity (Wildman–Crippen MR) is 85.1 cm³/mol. The number of imide groups is 1. The number of carbonyl (C=O) groups is 2. The highest BCUT2D eigenvalue weighted by atomic mass is 16.2. The lowest BCUT2D eigenvalue weighted by Gasteiger charge is -2.19. The summed E-state index contributed by atoms with van der Waals surface area (Å²) >= 11 is 0. The molecule has 2 bridgehead atoms. The third kappa shape index (κ3) is 1.57. The van der Waals surface area contributed by atoms with Crippen LogP contribution in [-0.2, 0) is 9.59 Å². The van der Waals surface area contributed by atoms with E-state index in [0.717, 1.165) is 5.56 Å². The van der Waals surface area contributed by atoms with Crippen molar-refractivity contribution in [1.82, 2.24) is 0 Å². The second kappa shape index (κ2) is 4.42. The Morgan fingerprint density at radius 2 is 1.41 bits per heavy atom. The van der Waals surface area contributed by atoms with Gasteiger partial charge in [0.1, 0.15) is 0 Å². The van der Waals surface area contributed by atoms with Gasteiger partial charge in [-0.1, -0.05) is 41.0 Å². The van der Waals surface area contributed by atoms with Crippen molar-refractivity contribution >= 4 is 17.5 Å². The first kappa shape index (κ1) is 13.5. The molecule has 4 rings (SSSR count). The first-order valence-electron chi connectivity index (χ1n) is 7.81. The van der Waals surface area contributed by atoms with E-state index in [1.165, 1.54) is 16.0 Å². The number of rotatable bonds is 1. The van der Waals surface area contributed by atoms with Crippen molar-refractivity contribution in [1.29, 1.82) is 0 Å². The van der Waals surface area contributed by atoms with Crippen molar-refractivity contribution in [3.8, 4) is 0 Å². The maximum Gasteiger partial charge on any atom is 0.238 e. The molecule has 4 atom stereocenters.